The topological polar surface area (TPSA) is 59.1 Å². The highest BCUT2D eigenvalue weighted by molar-refractivity contribution is 5.95. The van der Waals surface area contributed by atoms with Gasteiger partial charge in [-0.3, -0.25) is 4.79 Å². The molecule has 0 radical (unpaired) electrons. The average Bonchev–Trinajstić information content (AvgIpc) is 2.71. The van der Waals surface area contributed by atoms with E-state index in [0.29, 0.717) is 24.4 Å². The lowest BCUT2D eigenvalue weighted by Crippen LogP contribution is -2.58. The van der Waals surface area contributed by atoms with Gasteiger partial charge in [0.2, 0.25) is 0 Å². The molecule has 7 heteroatoms. The van der Waals surface area contributed by atoms with Gasteiger partial charge in [-0.15, -0.1) is 0 Å². The lowest BCUT2D eigenvalue weighted by atomic mass is 10.0. The second kappa shape index (κ2) is 10.4. The van der Waals surface area contributed by atoms with Gasteiger partial charge in [0, 0.05) is 26.2 Å². The van der Waals surface area contributed by atoms with Crippen LogP contribution in [0.1, 0.15) is 49.5 Å². The van der Waals surface area contributed by atoms with Gasteiger partial charge in [-0.2, -0.15) is 0 Å². The van der Waals surface area contributed by atoms with Crippen LogP contribution < -0.4 is 0 Å². The quantitative estimate of drug-likeness (QED) is 0.489. The smallest absolute Gasteiger partial charge is 0.338 e. The summed E-state index contributed by atoms with van der Waals surface area (Å²) in [6.45, 7) is 7.24. The third-order valence-electron chi connectivity index (χ3n) is 5.33. The second-order valence-electron chi connectivity index (χ2n) is 7.24. The number of allylic oxidation sites excluding steroid dienone is 1. The van der Waals surface area contributed by atoms with Gasteiger partial charge in [-0.1, -0.05) is 19.9 Å². The Morgan fingerprint density at radius 1 is 1.34 bits per heavy atom. The first-order chi connectivity index (χ1) is 13.9. The normalized spacial score (nSPS) is 19.6. The van der Waals surface area contributed by atoms with E-state index in [1.807, 2.05) is 13.0 Å². The molecule has 1 aromatic rings. The molecule has 1 aromatic carbocycles. The Balaban J connectivity index is 2.45. The molecule has 1 heterocycles. The van der Waals surface area contributed by atoms with E-state index in [1.54, 1.807) is 12.0 Å². The zero-order chi connectivity index (χ0) is 21.6. The van der Waals surface area contributed by atoms with Crippen LogP contribution in [0.3, 0.4) is 0 Å². The summed E-state index contributed by atoms with van der Waals surface area (Å²) in [5.74, 6) is -1.16. The van der Waals surface area contributed by atoms with Crippen LogP contribution in [0, 0.1) is 5.82 Å². The van der Waals surface area contributed by atoms with Crippen LogP contribution in [0.15, 0.2) is 30.0 Å². The third-order valence-corrected chi connectivity index (χ3v) is 5.33. The number of halogens is 1. The fourth-order valence-electron chi connectivity index (χ4n) is 3.62. The maximum absolute atomic E-state index is 13.9. The molecule has 1 saturated heterocycles. The first kappa shape index (κ1) is 22.9. The lowest BCUT2D eigenvalue weighted by molar-refractivity contribution is -0.138. The number of amides is 1. The minimum absolute atomic E-state index is 0.102. The van der Waals surface area contributed by atoms with Crippen molar-refractivity contribution in [2.75, 3.05) is 27.4 Å². The van der Waals surface area contributed by atoms with Crippen molar-refractivity contribution >= 4 is 11.9 Å². The van der Waals surface area contributed by atoms with Gasteiger partial charge >= 0.3 is 5.97 Å². The summed E-state index contributed by atoms with van der Waals surface area (Å²) < 4.78 is 24.1. The number of carbonyl (C=O) groups excluding carboxylic acids is 2. The minimum atomic E-state index is -0.557. The lowest BCUT2D eigenvalue weighted by Gasteiger charge is -2.45. The molecule has 6 nitrogen and oxygen atoms in total. The van der Waals surface area contributed by atoms with Crippen molar-refractivity contribution in [1.82, 2.24) is 9.80 Å². The molecule has 2 atom stereocenters. The molecular formula is C22H31FN2O4. The van der Waals surface area contributed by atoms with Gasteiger partial charge < -0.3 is 19.3 Å². The molecule has 1 unspecified atom stereocenters. The number of methoxy groups -OCH3 is 2. The van der Waals surface area contributed by atoms with Gasteiger partial charge in [0.25, 0.3) is 5.91 Å². The summed E-state index contributed by atoms with van der Waals surface area (Å²) in [5, 5.41) is 0. The highest BCUT2D eigenvalue weighted by Gasteiger charge is 2.38. The molecule has 160 valence electrons. The number of ether oxygens (including phenoxy) is 2. The molecule has 0 bridgehead atoms. The number of hydrogen-bond donors (Lipinski definition) is 0. The highest BCUT2D eigenvalue weighted by atomic mass is 19.1. The molecule has 0 aliphatic carbocycles. The van der Waals surface area contributed by atoms with E-state index in [2.05, 4.69) is 18.7 Å². The Kier molecular flexibility index (Phi) is 8.20. The molecule has 0 spiro atoms. The summed E-state index contributed by atoms with van der Waals surface area (Å²) in [6, 6.07) is 3.88. The van der Waals surface area contributed by atoms with Crippen LogP contribution >= 0.6 is 0 Å². The van der Waals surface area contributed by atoms with Crippen molar-refractivity contribution in [2.45, 2.75) is 52.2 Å². The van der Waals surface area contributed by atoms with Crippen LogP contribution in [0.5, 0.6) is 0 Å². The Hall–Kier alpha value is -2.41. The van der Waals surface area contributed by atoms with E-state index in [4.69, 9.17) is 9.47 Å². The minimum Gasteiger partial charge on any atom is -0.465 e. The van der Waals surface area contributed by atoms with Crippen LogP contribution in [0.4, 0.5) is 4.39 Å². The van der Waals surface area contributed by atoms with Crippen molar-refractivity contribution < 1.29 is 23.5 Å². The highest BCUT2D eigenvalue weighted by Crippen LogP contribution is 2.27. The number of esters is 1. The van der Waals surface area contributed by atoms with Crippen LogP contribution in [-0.4, -0.2) is 61.1 Å². The Labute approximate surface area is 172 Å². The van der Waals surface area contributed by atoms with Crippen molar-refractivity contribution in [3.8, 4) is 0 Å². The van der Waals surface area contributed by atoms with E-state index >= 15 is 0 Å². The van der Waals surface area contributed by atoms with E-state index in [-0.39, 0.29) is 30.1 Å². The van der Waals surface area contributed by atoms with Crippen molar-refractivity contribution in [2.24, 2.45) is 0 Å². The molecule has 2 rings (SSSR count). The maximum atomic E-state index is 13.9. The van der Waals surface area contributed by atoms with Gasteiger partial charge in [0.1, 0.15) is 5.82 Å². The van der Waals surface area contributed by atoms with Crippen molar-refractivity contribution in [3.63, 3.8) is 0 Å². The fraction of sp³-hybridized carbons (Fsp3) is 0.545. The molecule has 0 aromatic heterocycles. The van der Waals surface area contributed by atoms with E-state index in [0.717, 1.165) is 12.8 Å². The molecule has 1 fully saturated rings. The summed E-state index contributed by atoms with van der Waals surface area (Å²) in [5.41, 5.74) is 1.31. The summed E-state index contributed by atoms with van der Waals surface area (Å²) in [4.78, 5) is 29.3. The number of benzene rings is 1. The molecule has 0 N–H and O–H groups in total. The Morgan fingerprint density at radius 2 is 2.07 bits per heavy atom. The van der Waals surface area contributed by atoms with Gasteiger partial charge in [-0.05, 0) is 43.5 Å². The van der Waals surface area contributed by atoms with Gasteiger partial charge in [0.15, 0.2) is 0 Å². The second-order valence-corrected chi connectivity index (χ2v) is 7.24. The fourth-order valence-corrected chi connectivity index (χ4v) is 3.62. The molecular weight excluding hydrogens is 375 g/mol. The molecule has 29 heavy (non-hydrogen) atoms. The van der Waals surface area contributed by atoms with Crippen molar-refractivity contribution in [3.05, 3.63) is 46.9 Å². The van der Waals surface area contributed by atoms with Crippen molar-refractivity contribution in [1.29, 1.82) is 0 Å². The number of rotatable bonds is 8. The SMILES string of the molecule is CC/C=C1/C(=O)N(Cc2cc(F)ccc2C(=O)OC)[C@@H](COC)CN1C(C)CC. The first-order valence-corrected chi connectivity index (χ1v) is 10.0. The van der Waals surface area contributed by atoms with Crippen LogP contribution in [0.2, 0.25) is 0 Å². The summed E-state index contributed by atoms with van der Waals surface area (Å²) in [7, 11) is 2.87. The van der Waals surface area contributed by atoms with Crippen LogP contribution in [0.25, 0.3) is 0 Å². The predicted molar refractivity (Wildman–Crippen MR) is 109 cm³/mol. The Bertz CT molecular complexity index is 765. The summed E-state index contributed by atoms with van der Waals surface area (Å²) >= 11 is 0. The number of hydrogen-bond acceptors (Lipinski definition) is 5. The maximum Gasteiger partial charge on any atom is 0.338 e. The van der Waals surface area contributed by atoms with E-state index < -0.39 is 11.8 Å². The van der Waals surface area contributed by atoms with Gasteiger partial charge in [0.05, 0.1) is 31.0 Å². The number of carbonyl (C=O) groups is 2. The van der Waals surface area contributed by atoms with Crippen LogP contribution in [-0.2, 0) is 20.8 Å². The average molecular weight is 406 g/mol. The monoisotopic (exact) mass is 406 g/mol. The molecule has 1 aliphatic heterocycles. The zero-order valence-electron chi connectivity index (χ0n) is 17.9. The Morgan fingerprint density at radius 3 is 2.66 bits per heavy atom. The number of nitrogens with zero attached hydrogens (tertiary/aromatic N) is 2. The largest absolute Gasteiger partial charge is 0.465 e. The number of piperazine rings is 1. The molecule has 1 aliphatic rings. The first-order valence-electron chi connectivity index (χ1n) is 10.0. The zero-order valence-corrected chi connectivity index (χ0v) is 17.9. The molecule has 0 saturated carbocycles. The predicted octanol–water partition coefficient (Wildman–Crippen LogP) is 3.36. The standard InChI is InChI=1S/C22H31FN2O4/c1-6-8-20-21(26)25(18(14-28-4)13-24(20)15(3)7-2)12-16-11-17(23)9-10-19(16)22(27)29-5/h8-11,15,18H,6-7,12-14H2,1-5H3/b20-8-/t15?,18-/m1/s1. The third kappa shape index (κ3) is 5.15. The van der Waals surface area contributed by atoms with E-state index in [9.17, 15) is 14.0 Å². The summed E-state index contributed by atoms with van der Waals surface area (Å²) in [6.07, 6.45) is 3.56. The molecule has 1 amide bonds. The van der Waals surface area contributed by atoms with Gasteiger partial charge in [-0.25, -0.2) is 9.18 Å². The van der Waals surface area contributed by atoms with E-state index in [1.165, 1.54) is 25.3 Å².